The van der Waals surface area contributed by atoms with Crippen LogP contribution in [0.3, 0.4) is 0 Å². The van der Waals surface area contributed by atoms with Crippen LogP contribution in [0.25, 0.3) is 17.3 Å². The van der Waals surface area contributed by atoms with Gasteiger partial charge in [-0.25, -0.2) is 19.7 Å². The van der Waals surface area contributed by atoms with Crippen molar-refractivity contribution >= 4 is 18.1 Å². The molecule has 0 spiro atoms. The summed E-state index contributed by atoms with van der Waals surface area (Å²) in [5, 5.41) is 2.98. The summed E-state index contributed by atoms with van der Waals surface area (Å²) in [7, 11) is 0. The number of imidazole rings is 1. The second kappa shape index (κ2) is 13.2. The lowest BCUT2D eigenvalue weighted by Crippen LogP contribution is -2.39. The Morgan fingerprint density at radius 3 is 2.45 bits per heavy atom. The Kier molecular flexibility index (Phi) is 9.76. The molecule has 0 saturated heterocycles. The van der Waals surface area contributed by atoms with E-state index in [1.807, 2.05) is 33.8 Å². The van der Waals surface area contributed by atoms with E-state index in [0.29, 0.717) is 25.5 Å². The minimum absolute atomic E-state index is 0.108. The van der Waals surface area contributed by atoms with Crippen molar-refractivity contribution in [3.8, 4) is 11.3 Å². The molecule has 0 bridgehead atoms. The average molecular weight is 599 g/mol. The number of hydrogen-bond acceptors (Lipinski definition) is 6. The van der Waals surface area contributed by atoms with Gasteiger partial charge in [-0.05, 0) is 81.9 Å². The van der Waals surface area contributed by atoms with E-state index in [4.69, 9.17) is 4.74 Å². The number of hydrogen-bond donors (Lipinski definition) is 2. The molecule has 0 unspecified atom stereocenters. The van der Waals surface area contributed by atoms with Gasteiger partial charge in [-0.3, -0.25) is 4.79 Å². The largest absolute Gasteiger partial charge is 0.444 e. The average Bonchev–Trinajstić information content (AvgIpc) is 3.47. The number of carbonyl (C=O) groups excluding carboxylic acids is 2. The monoisotopic (exact) mass is 598 g/mol. The molecular formula is C35H46N6O3. The number of aromatic amines is 1. The van der Waals surface area contributed by atoms with Crippen molar-refractivity contribution < 1.29 is 14.3 Å². The number of ether oxygens (including phenoxy) is 1. The number of aromatic nitrogens is 4. The highest BCUT2D eigenvalue weighted by Crippen LogP contribution is 2.29. The highest BCUT2D eigenvalue weighted by Gasteiger charge is 2.24. The van der Waals surface area contributed by atoms with Crippen LogP contribution < -0.4 is 5.32 Å². The Hall–Kier alpha value is -4.27. The Balaban J connectivity index is 1.47. The van der Waals surface area contributed by atoms with E-state index in [1.165, 1.54) is 5.57 Å². The third kappa shape index (κ3) is 8.01. The topological polar surface area (TPSA) is 113 Å². The Morgan fingerprint density at radius 2 is 1.86 bits per heavy atom. The number of allylic oxidation sites excluding steroid dienone is 1. The van der Waals surface area contributed by atoms with E-state index in [1.54, 1.807) is 17.4 Å². The van der Waals surface area contributed by atoms with Gasteiger partial charge in [0.2, 0.25) is 0 Å². The molecule has 0 aliphatic carbocycles. The quantitative estimate of drug-likeness (QED) is 0.305. The number of carbonyl (C=O) groups is 2. The molecule has 1 aliphatic heterocycles. The first-order valence-corrected chi connectivity index (χ1v) is 15.3. The summed E-state index contributed by atoms with van der Waals surface area (Å²) in [6, 6.07) is 6.21. The van der Waals surface area contributed by atoms with Crippen LogP contribution in [0.15, 0.2) is 47.9 Å². The number of aryl methyl sites for hydroxylation is 1. The normalized spacial score (nSPS) is 14.3. The molecule has 3 heterocycles. The van der Waals surface area contributed by atoms with Gasteiger partial charge in [-0.2, -0.15) is 0 Å². The molecule has 3 aromatic rings. The number of amides is 2. The van der Waals surface area contributed by atoms with Crippen LogP contribution in [0.5, 0.6) is 0 Å². The van der Waals surface area contributed by atoms with Gasteiger partial charge in [-0.1, -0.05) is 45.9 Å². The molecule has 2 N–H and O–H groups in total. The molecule has 4 rings (SSSR count). The third-order valence-corrected chi connectivity index (χ3v) is 7.71. The lowest BCUT2D eigenvalue weighted by atomic mass is 9.93. The molecule has 9 nitrogen and oxygen atoms in total. The fraction of sp³-hybridized carbons (Fsp3) is 0.457. The minimum atomic E-state index is -0.510. The molecule has 0 saturated carbocycles. The summed E-state index contributed by atoms with van der Waals surface area (Å²) in [5.41, 5.74) is 8.61. The van der Waals surface area contributed by atoms with E-state index in [9.17, 15) is 9.59 Å². The fourth-order valence-corrected chi connectivity index (χ4v) is 5.08. The van der Waals surface area contributed by atoms with E-state index < -0.39 is 5.60 Å². The van der Waals surface area contributed by atoms with E-state index >= 15 is 0 Å². The minimum Gasteiger partial charge on any atom is -0.444 e. The van der Waals surface area contributed by atoms with Gasteiger partial charge in [0.1, 0.15) is 11.9 Å². The summed E-state index contributed by atoms with van der Waals surface area (Å²) in [5.74, 6) is 0.0866. The zero-order chi connectivity index (χ0) is 32.2. The fourth-order valence-electron chi connectivity index (χ4n) is 5.08. The van der Waals surface area contributed by atoms with Crippen LogP contribution in [0.1, 0.15) is 101 Å². The first-order chi connectivity index (χ1) is 20.7. The second-order valence-corrected chi connectivity index (χ2v) is 13.4. The summed E-state index contributed by atoms with van der Waals surface area (Å²) in [6.07, 6.45) is 8.82. The van der Waals surface area contributed by atoms with Crippen molar-refractivity contribution in [1.82, 2.24) is 30.2 Å². The molecule has 44 heavy (non-hydrogen) atoms. The van der Waals surface area contributed by atoms with Crippen LogP contribution in [0.4, 0.5) is 4.79 Å². The van der Waals surface area contributed by atoms with Crippen molar-refractivity contribution in [2.75, 3.05) is 13.1 Å². The van der Waals surface area contributed by atoms with Crippen LogP contribution in [0.2, 0.25) is 0 Å². The van der Waals surface area contributed by atoms with Crippen molar-refractivity contribution in [2.45, 2.75) is 92.7 Å². The van der Waals surface area contributed by atoms with E-state index in [2.05, 4.69) is 84.2 Å². The molecule has 234 valence electrons. The standard InChI is InChI=1S/C35H46N6O3/c1-10-27-28(18-23(3)24-13-15-41(16-14-24)33(43)44-35(7,8)9)38-21-39-30(27)25-11-12-26(22(2)17-25)19-37-32(42)31-36-20-29(40-31)34(4,5)6/h11-13,17-18,20-21H,10,14-16,19H2,1-9H3,(H,36,40)(H,37,42)/b23-18+. The maximum absolute atomic E-state index is 12.7. The van der Waals surface area contributed by atoms with Crippen molar-refractivity contribution in [1.29, 1.82) is 0 Å². The number of benzene rings is 1. The van der Waals surface area contributed by atoms with Gasteiger partial charge < -0.3 is 19.9 Å². The predicted octanol–water partition coefficient (Wildman–Crippen LogP) is 6.94. The van der Waals surface area contributed by atoms with Gasteiger partial charge in [0.05, 0.1) is 11.4 Å². The van der Waals surface area contributed by atoms with E-state index in [0.717, 1.165) is 57.8 Å². The predicted molar refractivity (Wildman–Crippen MR) is 174 cm³/mol. The van der Waals surface area contributed by atoms with E-state index in [-0.39, 0.29) is 17.4 Å². The van der Waals surface area contributed by atoms with Gasteiger partial charge in [0, 0.05) is 48.1 Å². The number of rotatable bonds is 7. The van der Waals surface area contributed by atoms with Crippen LogP contribution in [-0.2, 0) is 23.1 Å². The highest BCUT2D eigenvalue weighted by molar-refractivity contribution is 5.90. The zero-order valence-corrected chi connectivity index (χ0v) is 27.6. The molecular weight excluding hydrogens is 552 g/mol. The molecule has 2 amide bonds. The lowest BCUT2D eigenvalue weighted by Gasteiger charge is -2.29. The Bertz CT molecular complexity index is 1590. The van der Waals surface area contributed by atoms with Crippen LogP contribution >= 0.6 is 0 Å². The van der Waals surface area contributed by atoms with Gasteiger partial charge in [-0.15, -0.1) is 0 Å². The summed E-state index contributed by atoms with van der Waals surface area (Å²) in [6.45, 7) is 19.7. The van der Waals surface area contributed by atoms with Crippen molar-refractivity contribution in [3.05, 3.63) is 81.8 Å². The van der Waals surface area contributed by atoms with Gasteiger partial charge in [0.25, 0.3) is 5.91 Å². The Morgan fingerprint density at radius 1 is 1.11 bits per heavy atom. The molecule has 0 radical (unpaired) electrons. The van der Waals surface area contributed by atoms with Gasteiger partial charge >= 0.3 is 6.09 Å². The van der Waals surface area contributed by atoms with Crippen LogP contribution in [0, 0.1) is 6.92 Å². The zero-order valence-electron chi connectivity index (χ0n) is 27.6. The smallest absolute Gasteiger partial charge is 0.410 e. The third-order valence-electron chi connectivity index (χ3n) is 7.71. The number of nitrogens with one attached hydrogen (secondary N) is 2. The number of H-pyrrole nitrogens is 1. The van der Waals surface area contributed by atoms with Gasteiger partial charge in [0.15, 0.2) is 5.82 Å². The SMILES string of the molecule is CCc1c(/C=C(\C)C2=CCN(C(=O)OC(C)(C)C)CC2)ncnc1-c1ccc(CNC(=O)c2ncc(C(C)(C)C)[nH]2)c(C)c1. The lowest BCUT2D eigenvalue weighted by molar-refractivity contribution is 0.0266. The first kappa shape index (κ1) is 32.6. The molecule has 1 aliphatic rings. The molecule has 1 aromatic carbocycles. The first-order valence-electron chi connectivity index (χ1n) is 15.3. The summed E-state index contributed by atoms with van der Waals surface area (Å²) >= 11 is 0. The maximum Gasteiger partial charge on any atom is 0.410 e. The van der Waals surface area contributed by atoms with Crippen molar-refractivity contribution in [3.63, 3.8) is 0 Å². The molecule has 9 heteroatoms. The van der Waals surface area contributed by atoms with Crippen LogP contribution in [-0.4, -0.2) is 55.5 Å². The molecule has 2 aromatic heterocycles. The summed E-state index contributed by atoms with van der Waals surface area (Å²) in [4.78, 5) is 43.6. The highest BCUT2D eigenvalue weighted by atomic mass is 16.6. The van der Waals surface area contributed by atoms with Crippen molar-refractivity contribution in [2.24, 2.45) is 0 Å². The summed E-state index contributed by atoms with van der Waals surface area (Å²) < 4.78 is 5.53. The second-order valence-electron chi connectivity index (χ2n) is 13.4. The maximum atomic E-state index is 12.7. The molecule has 0 fully saturated rings. The molecule has 0 atom stereocenters. The Labute approximate surface area is 261 Å². The number of nitrogens with zero attached hydrogens (tertiary/aromatic N) is 4.